The smallest absolute Gasteiger partial charge is 0.335 e. The van der Waals surface area contributed by atoms with E-state index in [2.05, 4.69) is 22.4 Å². The molecule has 1 heterocycles. The number of aryl methyl sites for hydroxylation is 2. The van der Waals surface area contributed by atoms with Crippen molar-refractivity contribution < 1.29 is 9.90 Å². The van der Waals surface area contributed by atoms with E-state index in [1.165, 1.54) is 5.56 Å². The molecule has 0 spiro atoms. The third-order valence-electron chi connectivity index (χ3n) is 3.22. The van der Waals surface area contributed by atoms with Crippen LogP contribution in [0.4, 0.5) is 0 Å². The van der Waals surface area contributed by atoms with Gasteiger partial charge in [0.05, 0.1) is 11.1 Å². The molecule has 0 radical (unpaired) electrons. The first-order chi connectivity index (χ1) is 9.74. The highest BCUT2D eigenvalue weighted by Crippen LogP contribution is 2.14. The maximum Gasteiger partial charge on any atom is 0.335 e. The van der Waals surface area contributed by atoms with Crippen LogP contribution in [0.1, 0.15) is 15.9 Å². The van der Waals surface area contributed by atoms with Crippen LogP contribution in [0.2, 0.25) is 0 Å². The minimum Gasteiger partial charge on any atom is -0.478 e. The van der Waals surface area contributed by atoms with Crippen LogP contribution in [0.15, 0.2) is 48.5 Å². The van der Waals surface area contributed by atoms with Gasteiger partial charge >= 0.3 is 5.97 Å². The summed E-state index contributed by atoms with van der Waals surface area (Å²) in [6.07, 6.45) is 0.861. The van der Waals surface area contributed by atoms with Gasteiger partial charge in [0, 0.05) is 6.54 Å². The molecule has 1 aromatic heterocycles. The number of hydrogen-bond acceptors (Lipinski definition) is 3. The van der Waals surface area contributed by atoms with Crippen LogP contribution in [0.25, 0.3) is 11.0 Å². The van der Waals surface area contributed by atoms with Crippen LogP contribution in [-0.2, 0) is 13.0 Å². The quantitative estimate of drug-likeness (QED) is 0.788. The number of fused-ring (bicyclic) bond motifs is 1. The molecule has 1 N–H and O–H groups in total. The summed E-state index contributed by atoms with van der Waals surface area (Å²) in [4.78, 5) is 10.9. The lowest BCUT2D eigenvalue weighted by Gasteiger charge is -2.03. The van der Waals surface area contributed by atoms with E-state index >= 15 is 0 Å². The van der Waals surface area contributed by atoms with Gasteiger partial charge in [-0.1, -0.05) is 35.5 Å². The predicted octanol–water partition coefficient (Wildman–Crippen LogP) is 2.37. The molecule has 100 valence electrons. The second kappa shape index (κ2) is 5.13. The lowest BCUT2D eigenvalue weighted by atomic mass is 10.1. The van der Waals surface area contributed by atoms with Gasteiger partial charge < -0.3 is 5.11 Å². The predicted molar refractivity (Wildman–Crippen MR) is 74.6 cm³/mol. The number of carboxylic acids is 1. The summed E-state index contributed by atoms with van der Waals surface area (Å²) in [7, 11) is 0. The zero-order valence-electron chi connectivity index (χ0n) is 10.7. The average Bonchev–Trinajstić information content (AvgIpc) is 2.88. The fourth-order valence-electron chi connectivity index (χ4n) is 2.15. The molecular weight excluding hydrogens is 254 g/mol. The molecule has 0 unspecified atom stereocenters. The van der Waals surface area contributed by atoms with Crippen LogP contribution < -0.4 is 0 Å². The second-order valence-electron chi connectivity index (χ2n) is 4.56. The minimum absolute atomic E-state index is 0.229. The molecule has 0 amide bonds. The van der Waals surface area contributed by atoms with E-state index in [4.69, 9.17) is 5.11 Å². The number of rotatable bonds is 4. The molecule has 0 bridgehead atoms. The van der Waals surface area contributed by atoms with Gasteiger partial charge in [-0.2, -0.15) is 0 Å². The van der Waals surface area contributed by atoms with E-state index in [1.807, 2.05) is 18.2 Å². The van der Waals surface area contributed by atoms with Gasteiger partial charge in [-0.05, 0) is 30.2 Å². The first kappa shape index (κ1) is 12.3. The lowest BCUT2D eigenvalue weighted by molar-refractivity contribution is 0.0697. The molecule has 0 aliphatic carbocycles. The number of carboxylic acid groups (broad SMARTS) is 1. The number of nitrogens with zero attached hydrogens (tertiary/aromatic N) is 3. The molecule has 0 atom stereocenters. The summed E-state index contributed by atoms with van der Waals surface area (Å²) in [5.74, 6) is -0.953. The van der Waals surface area contributed by atoms with Gasteiger partial charge in [0.2, 0.25) is 0 Å². The Morgan fingerprint density at radius 3 is 2.70 bits per heavy atom. The van der Waals surface area contributed by atoms with E-state index in [0.29, 0.717) is 12.1 Å². The van der Waals surface area contributed by atoms with Gasteiger partial charge in [0.15, 0.2) is 0 Å². The number of benzene rings is 2. The number of carbonyl (C=O) groups is 1. The number of aromatic carboxylic acids is 1. The normalized spacial score (nSPS) is 10.8. The third-order valence-corrected chi connectivity index (χ3v) is 3.22. The van der Waals surface area contributed by atoms with Crippen molar-refractivity contribution in [2.75, 3.05) is 0 Å². The second-order valence-corrected chi connectivity index (χ2v) is 4.56. The molecular formula is C15H13N3O2. The lowest BCUT2D eigenvalue weighted by Crippen LogP contribution is -2.03. The van der Waals surface area contributed by atoms with E-state index in [9.17, 15) is 4.79 Å². The van der Waals surface area contributed by atoms with Crippen LogP contribution in [0, 0.1) is 0 Å². The molecule has 0 aliphatic heterocycles. The average molecular weight is 267 g/mol. The fraction of sp³-hybridized carbons (Fsp3) is 0.133. The summed E-state index contributed by atoms with van der Waals surface area (Å²) < 4.78 is 1.80. The van der Waals surface area contributed by atoms with Crippen molar-refractivity contribution in [2.45, 2.75) is 13.0 Å². The maximum atomic E-state index is 10.9. The molecule has 5 nitrogen and oxygen atoms in total. The van der Waals surface area contributed by atoms with Crippen LogP contribution in [0.5, 0.6) is 0 Å². The van der Waals surface area contributed by atoms with Crippen molar-refractivity contribution in [1.29, 1.82) is 0 Å². The van der Waals surface area contributed by atoms with Gasteiger partial charge in [-0.15, -0.1) is 5.10 Å². The first-order valence-corrected chi connectivity index (χ1v) is 6.34. The monoisotopic (exact) mass is 267 g/mol. The Morgan fingerprint density at radius 2 is 1.95 bits per heavy atom. The van der Waals surface area contributed by atoms with Crippen LogP contribution >= 0.6 is 0 Å². The summed E-state index contributed by atoms with van der Waals surface area (Å²) in [5, 5.41) is 17.1. The Kier molecular flexibility index (Phi) is 3.16. The van der Waals surface area contributed by atoms with E-state index < -0.39 is 5.97 Å². The maximum absolute atomic E-state index is 10.9. The van der Waals surface area contributed by atoms with Crippen molar-refractivity contribution >= 4 is 17.0 Å². The summed E-state index contributed by atoms with van der Waals surface area (Å²) in [5.41, 5.74) is 2.93. The standard InChI is InChI=1S/C15H13N3O2/c19-15(20)12-6-7-14-13(10-12)16-17-18(14)9-8-11-4-2-1-3-5-11/h1-7,10H,8-9H2,(H,19,20). The summed E-state index contributed by atoms with van der Waals surface area (Å²) in [6, 6.07) is 15.0. The fourth-order valence-corrected chi connectivity index (χ4v) is 2.15. The topological polar surface area (TPSA) is 68.0 Å². The van der Waals surface area contributed by atoms with Gasteiger partial charge in [-0.25, -0.2) is 9.48 Å². The molecule has 3 aromatic rings. The molecule has 2 aromatic carbocycles. The minimum atomic E-state index is -0.953. The Hall–Kier alpha value is -2.69. The molecule has 20 heavy (non-hydrogen) atoms. The van der Waals surface area contributed by atoms with Crippen molar-refractivity contribution in [2.24, 2.45) is 0 Å². The number of hydrogen-bond donors (Lipinski definition) is 1. The van der Waals surface area contributed by atoms with Gasteiger partial charge in [0.1, 0.15) is 5.52 Å². The van der Waals surface area contributed by atoms with E-state index in [0.717, 1.165) is 11.9 Å². The Bertz CT molecular complexity index is 750. The highest BCUT2D eigenvalue weighted by Gasteiger charge is 2.08. The summed E-state index contributed by atoms with van der Waals surface area (Å²) >= 11 is 0. The molecule has 5 heteroatoms. The molecule has 0 saturated carbocycles. The molecule has 0 aliphatic rings. The Labute approximate surface area is 115 Å². The van der Waals surface area contributed by atoms with E-state index in [1.54, 1.807) is 22.9 Å². The molecule has 3 rings (SSSR count). The zero-order valence-corrected chi connectivity index (χ0v) is 10.7. The van der Waals surface area contributed by atoms with Gasteiger partial charge in [0.25, 0.3) is 0 Å². The number of aromatic nitrogens is 3. The SMILES string of the molecule is O=C(O)c1ccc2c(c1)nnn2CCc1ccccc1. The highest BCUT2D eigenvalue weighted by atomic mass is 16.4. The Morgan fingerprint density at radius 1 is 1.15 bits per heavy atom. The zero-order chi connectivity index (χ0) is 13.9. The van der Waals surface area contributed by atoms with Crippen LogP contribution in [0.3, 0.4) is 0 Å². The Balaban J connectivity index is 1.84. The van der Waals surface area contributed by atoms with Crippen molar-refractivity contribution in [3.63, 3.8) is 0 Å². The molecule has 0 saturated heterocycles. The third kappa shape index (κ3) is 2.38. The van der Waals surface area contributed by atoms with Crippen molar-refractivity contribution in [1.82, 2.24) is 15.0 Å². The van der Waals surface area contributed by atoms with Crippen molar-refractivity contribution in [3.05, 3.63) is 59.7 Å². The largest absolute Gasteiger partial charge is 0.478 e. The van der Waals surface area contributed by atoms with Gasteiger partial charge in [-0.3, -0.25) is 0 Å². The summed E-state index contributed by atoms with van der Waals surface area (Å²) in [6.45, 7) is 0.715. The molecule has 0 fully saturated rings. The van der Waals surface area contributed by atoms with Crippen molar-refractivity contribution in [3.8, 4) is 0 Å². The first-order valence-electron chi connectivity index (χ1n) is 6.34. The van der Waals surface area contributed by atoms with E-state index in [-0.39, 0.29) is 5.56 Å². The van der Waals surface area contributed by atoms with Crippen LogP contribution in [-0.4, -0.2) is 26.1 Å². The highest BCUT2D eigenvalue weighted by molar-refractivity contribution is 5.92.